The summed E-state index contributed by atoms with van der Waals surface area (Å²) < 4.78 is 29.6. The van der Waals surface area contributed by atoms with E-state index >= 15 is 0 Å². The van der Waals surface area contributed by atoms with Gasteiger partial charge in [-0.2, -0.15) is 0 Å². The highest BCUT2D eigenvalue weighted by Crippen LogP contribution is 2.51. The molecule has 1 aliphatic rings. The molecule has 8 heteroatoms. The van der Waals surface area contributed by atoms with Gasteiger partial charge < -0.3 is 28.8 Å². The van der Waals surface area contributed by atoms with Gasteiger partial charge in [-0.25, -0.2) is 0 Å². The van der Waals surface area contributed by atoms with E-state index in [1.54, 1.807) is 7.11 Å². The molecule has 0 aromatic heterocycles. The second kappa shape index (κ2) is 14.8. The van der Waals surface area contributed by atoms with Gasteiger partial charge in [-0.15, -0.1) is 23.5 Å². The van der Waals surface area contributed by atoms with Crippen molar-refractivity contribution in [1.82, 2.24) is 0 Å². The van der Waals surface area contributed by atoms with Crippen molar-refractivity contribution in [2.75, 3.05) is 26.9 Å². The van der Waals surface area contributed by atoms with Crippen LogP contribution in [0.15, 0.2) is 34.1 Å². The highest BCUT2D eigenvalue weighted by Gasteiger charge is 2.38. The molecule has 0 bridgehead atoms. The molecule has 0 saturated carbocycles. The molecule has 0 amide bonds. The molecule has 3 rings (SSSR count). The average molecular weight is 691 g/mol. The van der Waals surface area contributed by atoms with Gasteiger partial charge in [0.2, 0.25) is 0 Å². The Balaban J connectivity index is 2.01. The monoisotopic (exact) mass is 690 g/mol. The molecule has 266 valence electrons. The van der Waals surface area contributed by atoms with Crippen LogP contribution in [0.2, 0.25) is 0 Å². The second-order valence-corrected chi connectivity index (χ2v) is 20.8. The number of thioether (sulfide) groups is 2. The van der Waals surface area contributed by atoms with Crippen LogP contribution < -0.4 is 4.74 Å². The van der Waals surface area contributed by atoms with Crippen LogP contribution in [-0.2, 0) is 40.6 Å². The first-order chi connectivity index (χ1) is 21.4. The van der Waals surface area contributed by atoms with Crippen LogP contribution in [-0.4, -0.2) is 54.8 Å². The first-order valence-electron chi connectivity index (χ1n) is 16.9. The molecule has 2 aromatic carbocycles. The molecule has 1 aliphatic heterocycles. The van der Waals surface area contributed by atoms with E-state index in [4.69, 9.17) is 23.7 Å². The van der Waals surface area contributed by atoms with E-state index < -0.39 is 6.48 Å². The number of methoxy groups -OCH3 is 1. The summed E-state index contributed by atoms with van der Waals surface area (Å²) in [7, 11) is 1.66. The summed E-state index contributed by atoms with van der Waals surface area (Å²) in [5.74, 6) is 1.32. The van der Waals surface area contributed by atoms with E-state index in [9.17, 15) is 5.11 Å². The number of hydrogen-bond donors (Lipinski definition) is 1. The summed E-state index contributed by atoms with van der Waals surface area (Å²) in [6.07, 6.45) is -0.601. The summed E-state index contributed by atoms with van der Waals surface area (Å²) in [6.45, 7) is 33.4. The molecule has 6 nitrogen and oxygen atoms in total. The molecule has 0 aliphatic carbocycles. The Morgan fingerprint density at radius 1 is 0.638 bits per heavy atom. The van der Waals surface area contributed by atoms with Crippen molar-refractivity contribution in [1.29, 1.82) is 0 Å². The van der Waals surface area contributed by atoms with Crippen molar-refractivity contribution >= 4 is 23.5 Å². The number of aromatic hydroxyl groups is 1. The van der Waals surface area contributed by atoms with E-state index in [1.165, 1.54) is 4.90 Å². The molecular formula is C39H62O6S2. The van der Waals surface area contributed by atoms with Crippen LogP contribution in [0.5, 0.6) is 11.5 Å². The van der Waals surface area contributed by atoms with Crippen LogP contribution in [0.25, 0.3) is 0 Å². The van der Waals surface area contributed by atoms with Crippen LogP contribution >= 0.6 is 23.5 Å². The minimum atomic E-state index is -0.719. The van der Waals surface area contributed by atoms with Crippen LogP contribution in [0.1, 0.15) is 126 Å². The third-order valence-electron chi connectivity index (χ3n) is 8.12. The molecule has 47 heavy (non-hydrogen) atoms. The van der Waals surface area contributed by atoms with Gasteiger partial charge in [0.25, 0.3) is 6.48 Å². The first kappa shape index (κ1) is 40.0. The Hall–Kier alpha value is -1.42. The third kappa shape index (κ3) is 10.5. The van der Waals surface area contributed by atoms with E-state index in [-0.39, 0.29) is 37.9 Å². The molecule has 1 unspecified atom stereocenters. The average Bonchev–Trinajstić information content (AvgIpc) is 3.27. The molecule has 0 radical (unpaired) electrons. The highest BCUT2D eigenvalue weighted by molar-refractivity contribution is 8.18. The fourth-order valence-electron chi connectivity index (χ4n) is 5.66. The summed E-state index contributed by atoms with van der Waals surface area (Å²) >= 11 is 3.71. The third-order valence-corrected chi connectivity index (χ3v) is 10.5. The lowest BCUT2D eigenvalue weighted by atomic mass is 9.79. The summed E-state index contributed by atoms with van der Waals surface area (Å²) in [6, 6.07) is 8.96. The minimum Gasteiger partial charge on any atom is -0.507 e. The Bertz CT molecular complexity index is 1290. The van der Waals surface area contributed by atoms with Crippen molar-refractivity contribution in [3.63, 3.8) is 0 Å². The van der Waals surface area contributed by atoms with Gasteiger partial charge in [0.05, 0.1) is 10.7 Å². The zero-order valence-corrected chi connectivity index (χ0v) is 33.6. The maximum atomic E-state index is 11.3. The highest BCUT2D eigenvalue weighted by atomic mass is 32.2. The van der Waals surface area contributed by atoms with Crippen molar-refractivity contribution in [3.05, 3.63) is 46.5 Å². The summed E-state index contributed by atoms with van der Waals surface area (Å²) in [5, 5.41) is 11.3. The number of ether oxygens (including phenoxy) is 5. The van der Waals surface area contributed by atoms with Crippen molar-refractivity contribution in [2.24, 2.45) is 0 Å². The van der Waals surface area contributed by atoms with Gasteiger partial charge in [-0.05, 0) is 66.7 Å². The van der Waals surface area contributed by atoms with E-state index in [2.05, 4.69) is 121 Å². The second-order valence-electron chi connectivity index (χ2n) is 17.2. The van der Waals surface area contributed by atoms with Crippen molar-refractivity contribution < 1.29 is 28.8 Å². The summed E-state index contributed by atoms with van der Waals surface area (Å²) in [5.41, 5.74) is 3.58. The molecule has 1 N–H and O–H groups in total. The molecule has 1 saturated heterocycles. The minimum absolute atomic E-state index is 0.170. The van der Waals surface area contributed by atoms with E-state index in [1.807, 2.05) is 30.4 Å². The van der Waals surface area contributed by atoms with Crippen LogP contribution in [0, 0.1) is 0 Å². The molecule has 1 heterocycles. The van der Waals surface area contributed by atoms with Gasteiger partial charge in [0, 0.05) is 45.8 Å². The normalized spacial score (nSPS) is 19.8. The molecule has 3 atom stereocenters. The lowest BCUT2D eigenvalue weighted by Crippen LogP contribution is -2.33. The first-order valence-corrected chi connectivity index (χ1v) is 18.5. The maximum absolute atomic E-state index is 11.3. The molecular weight excluding hydrogens is 629 g/mol. The van der Waals surface area contributed by atoms with Crippen molar-refractivity contribution in [3.8, 4) is 11.5 Å². The number of phenolic OH excluding ortho intramolecular Hbond substituents is 1. The lowest BCUT2D eigenvalue weighted by molar-refractivity contribution is -0.242. The zero-order valence-electron chi connectivity index (χ0n) is 32.0. The topological polar surface area (TPSA) is 66.4 Å². The Labute approximate surface area is 294 Å². The van der Waals surface area contributed by atoms with Crippen LogP contribution in [0.3, 0.4) is 0 Å². The SMILES string of the molecule is CCO[C@H]1OC(COC)[C@H](COc2c(C(C)(C)C)cc(SC(C)(C)Sc3cc(C(C)(C)C)c(O)c(C(C)(C)C)c3)cc2C(C)(C)C)O1. The quantitative estimate of drug-likeness (QED) is 0.185. The number of phenols is 1. The standard InChI is InChI=1S/C39H62O6S2/c1-17-42-34-44-30(22-41-16)31(45-34)23-43-33-28(37(8,9)10)20-25(21-29(33)38(11,12)13)47-39(14,15)46-24-18-26(35(2,3)4)32(40)27(19-24)36(5,6)7/h18-21,30-31,34,40H,17,22-23H2,1-16H3/t30?,31-,34-/m0/s1. The van der Waals surface area contributed by atoms with E-state index in [0.29, 0.717) is 25.6 Å². The maximum Gasteiger partial charge on any atom is 0.272 e. The summed E-state index contributed by atoms with van der Waals surface area (Å²) in [4.78, 5) is 2.36. The fourth-order valence-corrected chi connectivity index (χ4v) is 8.25. The number of benzene rings is 2. The number of rotatable bonds is 11. The molecule has 2 aromatic rings. The van der Waals surface area contributed by atoms with Gasteiger partial charge in [0.1, 0.15) is 30.3 Å². The van der Waals surface area contributed by atoms with Gasteiger partial charge in [0.15, 0.2) is 0 Å². The number of hydrogen-bond acceptors (Lipinski definition) is 8. The Kier molecular flexibility index (Phi) is 12.6. The van der Waals surface area contributed by atoms with Gasteiger partial charge >= 0.3 is 0 Å². The van der Waals surface area contributed by atoms with Crippen LogP contribution in [0.4, 0.5) is 0 Å². The fraction of sp³-hybridized carbons (Fsp3) is 0.692. The van der Waals surface area contributed by atoms with Gasteiger partial charge in [-0.3, -0.25) is 0 Å². The Morgan fingerprint density at radius 3 is 1.38 bits per heavy atom. The largest absolute Gasteiger partial charge is 0.507 e. The van der Waals surface area contributed by atoms with E-state index in [0.717, 1.165) is 32.9 Å². The predicted molar refractivity (Wildman–Crippen MR) is 198 cm³/mol. The predicted octanol–water partition coefficient (Wildman–Crippen LogP) is 10.3. The molecule has 0 spiro atoms. The smallest absolute Gasteiger partial charge is 0.272 e. The lowest BCUT2D eigenvalue weighted by Gasteiger charge is -2.33. The zero-order chi connectivity index (χ0) is 35.8. The molecule has 1 fully saturated rings. The Morgan fingerprint density at radius 2 is 1.02 bits per heavy atom. The van der Waals surface area contributed by atoms with Gasteiger partial charge in [-0.1, -0.05) is 83.1 Å². The van der Waals surface area contributed by atoms with Crippen molar-refractivity contribution in [2.45, 2.75) is 158 Å².